The zero-order chi connectivity index (χ0) is 37.9. The van der Waals surface area contributed by atoms with E-state index in [0.717, 1.165) is 57.2 Å². The Morgan fingerprint density at radius 1 is 0.865 bits per heavy atom. The number of rotatable bonds is 12. The van der Waals surface area contributed by atoms with Crippen LogP contribution in [0.15, 0.2) is 30.3 Å². The van der Waals surface area contributed by atoms with Crippen molar-refractivity contribution in [2.24, 2.45) is 62.6 Å². The Kier molecular flexibility index (Phi) is 10.7. The first-order valence-corrected chi connectivity index (χ1v) is 20.7. The number of hydrogen-bond acceptors (Lipinski definition) is 4. The molecular formula is C45H68N2O5. The van der Waals surface area contributed by atoms with Gasteiger partial charge in [-0.15, -0.1) is 0 Å². The zero-order valence-corrected chi connectivity index (χ0v) is 33.5. The second-order valence-corrected chi connectivity index (χ2v) is 19.4. The van der Waals surface area contributed by atoms with Crippen molar-refractivity contribution in [1.82, 2.24) is 10.2 Å². The van der Waals surface area contributed by atoms with Crippen molar-refractivity contribution in [3.05, 3.63) is 41.5 Å². The van der Waals surface area contributed by atoms with Crippen LogP contribution in [0.5, 0.6) is 0 Å². The highest BCUT2D eigenvalue weighted by molar-refractivity contribution is 5.88. The Morgan fingerprint density at radius 2 is 1.58 bits per heavy atom. The van der Waals surface area contributed by atoms with E-state index in [2.05, 4.69) is 71.7 Å². The smallest absolute Gasteiger partial charge is 0.335 e. The summed E-state index contributed by atoms with van der Waals surface area (Å²) in [4.78, 5) is 39.4. The van der Waals surface area contributed by atoms with Gasteiger partial charge in [-0.05, 0) is 158 Å². The molecule has 1 amide bonds. The van der Waals surface area contributed by atoms with Gasteiger partial charge in [0.15, 0.2) is 0 Å². The van der Waals surface area contributed by atoms with Gasteiger partial charge in [-0.1, -0.05) is 73.6 Å². The average Bonchev–Trinajstić information content (AvgIpc) is 3.49. The standard InChI is InChI=1S/C45H68N2O5/c1-9-47(28-20-37(48)49)27-10-26-46-40(52)45-23-17-32(29(2)3)38(45)34-15-16-36-42(6)21-18-33(30-11-13-31(14-12-30)39(50)51)41(4,5)35(42)19-22-44(36,8)43(34,7)24-25-45/h11-14,18,29,32,34-36,38H,9-10,15-17,19-28H2,1-8H3,(H,46,52)(H,48,49)(H,50,51)/t32-,34+,35-,36+,38+,42-,43+,44+,45-/m0/s1. The van der Waals surface area contributed by atoms with Gasteiger partial charge < -0.3 is 20.4 Å². The zero-order valence-electron chi connectivity index (χ0n) is 33.5. The largest absolute Gasteiger partial charge is 0.481 e. The fourth-order valence-corrected chi connectivity index (χ4v) is 14.0. The fourth-order valence-electron chi connectivity index (χ4n) is 14.0. The van der Waals surface area contributed by atoms with Gasteiger partial charge in [-0.2, -0.15) is 0 Å². The third-order valence-corrected chi connectivity index (χ3v) is 16.8. The van der Waals surface area contributed by atoms with E-state index >= 15 is 0 Å². The molecule has 1 aromatic rings. The third kappa shape index (κ3) is 6.17. The molecular weight excluding hydrogens is 649 g/mol. The number of nitrogens with one attached hydrogen (secondary N) is 1. The molecule has 3 N–H and O–H groups in total. The molecule has 0 aromatic heterocycles. The molecule has 0 aliphatic heterocycles. The minimum Gasteiger partial charge on any atom is -0.481 e. The van der Waals surface area contributed by atoms with E-state index in [4.69, 9.17) is 5.11 Å². The van der Waals surface area contributed by atoms with E-state index in [9.17, 15) is 19.5 Å². The monoisotopic (exact) mass is 717 g/mol. The molecule has 4 saturated carbocycles. The Morgan fingerprint density at radius 3 is 2.21 bits per heavy atom. The minimum absolute atomic E-state index is 0.0186. The van der Waals surface area contributed by atoms with Crippen LogP contribution >= 0.6 is 0 Å². The van der Waals surface area contributed by atoms with Crippen molar-refractivity contribution in [3.63, 3.8) is 0 Å². The van der Waals surface area contributed by atoms with Crippen LogP contribution in [0.2, 0.25) is 0 Å². The lowest BCUT2D eigenvalue weighted by atomic mass is 9.32. The number of aromatic carboxylic acids is 1. The highest BCUT2D eigenvalue weighted by Gasteiger charge is 2.71. The number of nitrogens with zero attached hydrogens (tertiary/aromatic N) is 1. The molecule has 7 nitrogen and oxygen atoms in total. The fraction of sp³-hybridized carbons (Fsp3) is 0.756. The molecule has 5 aliphatic rings. The second kappa shape index (κ2) is 14.2. The van der Waals surface area contributed by atoms with Gasteiger partial charge in [-0.3, -0.25) is 9.59 Å². The topological polar surface area (TPSA) is 107 Å². The SMILES string of the molecule is CCN(CCCNC(=O)[C@]12CC[C@@H](C(C)C)[C@@H]1[C@H]1CC[C@@H]3[C@@]4(C)CC=C(c5ccc(C(=O)O)cc5)C(C)(C)[C@@H]4CC[C@@]3(C)[C@]1(C)CC2)CCC(=O)O. The summed E-state index contributed by atoms with van der Waals surface area (Å²) >= 11 is 0. The molecule has 0 spiro atoms. The molecule has 6 rings (SSSR count). The Balaban J connectivity index is 1.23. The molecule has 0 bridgehead atoms. The van der Waals surface area contributed by atoms with Gasteiger partial charge >= 0.3 is 11.9 Å². The van der Waals surface area contributed by atoms with Crippen LogP contribution in [-0.2, 0) is 9.59 Å². The maximum atomic E-state index is 14.5. The highest BCUT2D eigenvalue weighted by atomic mass is 16.4. The van der Waals surface area contributed by atoms with E-state index in [1.54, 1.807) is 12.1 Å². The number of carbonyl (C=O) groups excluding carboxylic acids is 1. The van der Waals surface area contributed by atoms with Crippen molar-refractivity contribution in [2.75, 3.05) is 26.2 Å². The number of hydrogen-bond donors (Lipinski definition) is 3. The normalized spacial score (nSPS) is 37.7. The number of benzene rings is 1. The quantitative estimate of drug-likeness (QED) is 0.186. The molecule has 52 heavy (non-hydrogen) atoms. The van der Waals surface area contributed by atoms with Crippen LogP contribution in [0.25, 0.3) is 5.57 Å². The van der Waals surface area contributed by atoms with Gasteiger partial charge in [0.25, 0.3) is 0 Å². The predicted octanol–water partition coefficient (Wildman–Crippen LogP) is 9.42. The summed E-state index contributed by atoms with van der Waals surface area (Å²) in [6, 6.07) is 7.53. The van der Waals surface area contributed by atoms with Crippen molar-refractivity contribution in [1.29, 1.82) is 0 Å². The first kappa shape index (κ1) is 39.0. The first-order chi connectivity index (χ1) is 24.5. The molecule has 4 fully saturated rings. The summed E-state index contributed by atoms with van der Waals surface area (Å²) in [7, 11) is 0. The molecule has 5 aliphatic carbocycles. The number of carbonyl (C=O) groups is 3. The molecule has 9 atom stereocenters. The molecule has 0 heterocycles. The second-order valence-electron chi connectivity index (χ2n) is 19.4. The summed E-state index contributed by atoms with van der Waals surface area (Å²) in [6.07, 6.45) is 13.7. The van der Waals surface area contributed by atoms with Crippen molar-refractivity contribution in [3.8, 4) is 0 Å². The first-order valence-electron chi connectivity index (χ1n) is 20.7. The number of allylic oxidation sites excluding steroid dienone is 2. The lowest BCUT2D eigenvalue weighted by Gasteiger charge is -2.72. The van der Waals surface area contributed by atoms with Gasteiger partial charge in [0, 0.05) is 13.1 Å². The molecule has 0 unspecified atom stereocenters. The number of aliphatic carboxylic acids is 1. The minimum atomic E-state index is -0.880. The summed E-state index contributed by atoms with van der Waals surface area (Å²) in [6.45, 7) is 22.5. The Hall–Kier alpha value is -2.67. The van der Waals surface area contributed by atoms with Crippen LogP contribution in [0.1, 0.15) is 142 Å². The van der Waals surface area contributed by atoms with Gasteiger partial charge in [0.05, 0.1) is 17.4 Å². The maximum absolute atomic E-state index is 14.5. The van der Waals surface area contributed by atoms with Crippen molar-refractivity contribution < 1.29 is 24.6 Å². The molecule has 7 heteroatoms. The predicted molar refractivity (Wildman–Crippen MR) is 208 cm³/mol. The maximum Gasteiger partial charge on any atom is 0.335 e. The van der Waals surface area contributed by atoms with Gasteiger partial charge in [0.2, 0.25) is 5.91 Å². The summed E-state index contributed by atoms with van der Waals surface area (Å²) in [5.74, 6) is 1.91. The molecule has 0 saturated heterocycles. The number of carboxylic acids is 2. The van der Waals surface area contributed by atoms with Crippen LogP contribution in [-0.4, -0.2) is 59.1 Å². The van der Waals surface area contributed by atoms with Gasteiger partial charge in [0.1, 0.15) is 0 Å². The summed E-state index contributed by atoms with van der Waals surface area (Å²) in [5, 5.41) is 22.1. The number of fused-ring (bicyclic) bond motifs is 7. The Labute approximate surface area is 313 Å². The van der Waals surface area contributed by atoms with E-state index in [1.807, 2.05) is 12.1 Å². The lowest BCUT2D eigenvalue weighted by Crippen LogP contribution is -2.66. The van der Waals surface area contributed by atoms with Crippen LogP contribution < -0.4 is 5.32 Å². The lowest BCUT2D eigenvalue weighted by molar-refractivity contribution is -0.227. The third-order valence-electron chi connectivity index (χ3n) is 16.8. The Bertz CT molecular complexity index is 1550. The molecule has 288 valence electrons. The number of carboxylic acid groups (broad SMARTS) is 2. The summed E-state index contributed by atoms with van der Waals surface area (Å²) < 4.78 is 0. The van der Waals surface area contributed by atoms with Crippen LogP contribution in [0.3, 0.4) is 0 Å². The molecule has 1 aromatic carbocycles. The van der Waals surface area contributed by atoms with E-state index in [0.29, 0.717) is 60.1 Å². The van der Waals surface area contributed by atoms with Crippen molar-refractivity contribution >= 4 is 23.4 Å². The summed E-state index contributed by atoms with van der Waals surface area (Å²) in [5.41, 5.74) is 3.14. The molecule has 0 radical (unpaired) electrons. The van der Waals surface area contributed by atoms with E-state index in [-0.39, 0.29) is 33.5 Å². The number of amides is 1. The highest BCUT2D eigenvalue weighted by Crippen LogP contribution is 2.77. The average molecular weight is 717 g/mol. The van der Waals surface area contributed by atoms with Crippen LogP contribution in [0.4, 0.5) is 0 Å². The van der Waals surface area contributed by atoms with Crippen molar-refractivity contribution in [2.45, 2.75) is 126 Å². The van der Waals surface area contributed by atoms with Crippen LogP contribution in [0, 0.1) is 62.6 Å². The van der Waals surface area contributed by atoms with E-state index < -0.39 is 11.9 Å². The van der Waals surface area contributed by atoms with Gasteiger partial charge in [-0.25, -0.2) is 4.79 Å². The van der Waals surface area contributed by atoms with E-state index in [1.165, 1.54) is 31.3 Å².